The van der Waals surface area contributed by atoms with Gasteiger partial charge in [-0.3, -0.25) is 0 Å². The first-order chi connectivity index (χ1) is 8.94. The number of nitrogens with zero attached hydrogens (tertiary/aromatic N) is 1. The van der Waals surface area contributed by atoms with Gasteiger partial charge in [-0.2, -0.15) is 0 Å². The molecular formula is C14H17NO4. The molecule has 5 nitrogen and oxygen atoms in total. The summed E-state index contributed by atoms with van der Waals surface area (Å²) in [4.78, 5) is 10.9. The minimum absolute atomic E-state index is 0.000184. The third kappa shape index (κ3) is 2.71. The van der Waals surface area contributed by atoms with Crippen molar-refractivity contribution < 1.29 is 19.7 Å². The lowest BCUT2D eigenvalue weighted by molar-refractivity contribution is -0.157. The summed E-state index contributed by atoms with van der Waals surface area (Å²) in [7, 11) is 0. The van der Waals surface area contributed by atoms with Gasteiger partial charge in [0.15, 0.2) is 5.60 Å². The highest BCUT2D eigenvalue weighted by Gasteiger charge is 2.30. The molecule has 1 heterocycles. The van der Waals surface area contributed by atoms with Crippen LogP contribution in [-0.4, -0.2) is 33.0 Å². The van der Waals surface area contributed by atoms with E-state index in [2.05, 4.69) is 0 Å². The van der Waals surface area contributed by atoms with Crippen LogP contribution < -0.4 is 4.74 Å². The minimum atomic E-state index is -1.79. The highest BCUT2D eigenvalue weighted by Crippen LogP contribution is 2.23. The fraction of sp³-hybridized carbons (Fsp3) is 0.357. The van der Waals surface area contributed by atoms with E-state index >= 15 is 0 Å². The van der Waals surface area contributed by atoms with Crippen LogP contribution in [0.1, 0.15) is 13.8 Å². The van der Waals surface area contributed by atoms with Crippen molar-refractivity contribution in [2.24, 2.45) is 0 Å². The second-order valence-corrected chi connectivity index (χ2v) is 4.68. The smallest absolute Gasteiger partial charge is 0.337 e. The lowest BCUT2D eigenvalue weighted by Gasteiger charge is -2.19. The van der Waals surface area contributed by atoms with E-state index in [1.807, 2.05) is 31.2 Å². The van der Waals surface area contributed by atoms with Crippen LogP contribution in [0.5, 0.6) is 5.75 Å². The maximum atomic E-state index is 10.9. The van der Waals surface area contributed by atoms with E-state index in [-0.39, 0.29) is 6.54 Å². The minimum Gasteiger partial charge on any atom is -0.494 e. The SMILES string of the molecule is CCOc1ccc2c(ccn2CC(C)(O)C(=O)O)c1. The summed E-state index contributed by atoms with van der Waals surface area (Å²) in [5, 5.41) is 19.7. The molecule has 1 unspecified atom stereocenters. The third-order valence-electron chi connectivity index (χ3n) is 2.99. The molecule has 1 aromatic heterocycles. The monoisotopic (exact) mass is 263 g/mol. The van der Waals surface area contributed by atoms with Crippen molar-refractivity contribution in [2.75, 3.05) is 6.61 Å². The van der Waals surface area contributed by atoms with E-state index in [0.717, 1.165) is 16.7 Å². The number of hydrogen-bond donors (Lipinski definition) is 2. The van der Waals surface area contributed by atoms with E-state index in [4.69, 9.17) is 9.84 Å². The fourth-order valence-corrected chi connectivity index (χ4v) is 1.97. The Morgan fingerprint density at radius 3 is 2.79 bits per heavy atom. The molecule has 0 fully saturated rings. The highest BCUT2D eigenvalue weighted by atomic mass is 16.5. The Morgan fingerprint density at radius 2 is 2.16 bits per heavy atom. The van der Waals surface area contributed by atoms with Crippen LogP contribution in [0.25, 0.3) is 10.9 Å². The molecule has 102 valence electrons. The molecule has 1 atom stereocenters. The van der Waals surface area contributed by atoms with Gasteiger partial charge in [-0.25, -0.2) is 4.79 Å². The molecule has 19 heavy (non-hydrogen) atoms. The number of fused-ring (bicyclic) bond motifs is 1. The number of aliphatic hydroxyl groups is 1. The lowest BCUT2D eigenvalue weighted by atomic mass is 10.1. The van der Waals surface area contributed by atoms with Crippen LogP contribution in [0, 0.1) is 0 Å². The number of rotatable bonds is 5. The summed E-state index contributed by atoms with van der Waals surface area (Å²) in [5.74, 6) is -0.460. The molecule has 2 aromatic rings. The number of carbonyl (C=O) groups is 1. The average molecular weight is 263 g/mol. The zero-order chi connectivity index (χ0) is 14.0. The number of aromatic nitrogens is 1. The van der Waals surface area contributed by atoms with Crippen LogP contribution >= 0.6 is 0 Å². The normalized spacial score (nSPS) is 14.3. The molecule has 0 aliphatic heterocycles. The van der Waals surface area contributed by atoms with Crippen molar-refractivity contribution in [3.63, 3.8) is 0 Å². The Labute approximate surface area is 111 Å². The molecule has 0 saturated heterocycles. The molecule has 2 rings (SSSR count). The van der Waals surface area contributed by atoms with Crippen LogP contribution in [-0.2, 0) is 11.3 Å². The molecule has 0 radical (unpaired) electrons. The molecule has 0 amide bonds. The summed E-state index contributed by atoms with van der Waals surface area (Å²) in [6.45, 7) is 3.80. The Hall–Kier alpha value is -2.01. The first-order valence-electron chi connectivity index (χ1n) is 6.11. The van der Waals surface area contributed by atoms with Crippen molar-refractivity contribution in [1.29, 1.82) is 0 Å². The Balaban J connectivity index is 2.33. The number of hydrogen-bond acceptors (Lipinski definition) is 3. The van der Waals surface area contributed by atoms with Gasteiger partial charge in [-0.05, 0) is 38.1 Å². The molecule has 0 saturated carbocycles. The molecule has 0 aliphatic carbocycles. The number of carboxylic acids is 1. The van der Waals surface area contributed by atoms with Crippen molar-refractivity contribution in [3.05, 3.63) is 30.5 Å². The molecule has 0 aliphatic rings. The fourth-order valence-electron chi connectivity index (χ4n) is 1.97. The lowest BCUT2D eigenvalue weighted by Crippen LogP contribution is -2.39. The molecule has 5 heteroatoms. The number of aliphatic carboxylic acids is 1. The van der Waals surface area contributed by atoms with Gasteiger partial charge in [0.1, 0.15) is 5.75 Å². The second kappa shape index (κ2) is 4.93. The van der Waals surface area contributed by atoms with E-state index < -0.39 is 11.6 Å². The van der Waals surface area contributed by atoms with Gasteiger partial charge in [0.2, 0.25) is 0 Å². The predicted molar refractivity (Wildman–Crippen MR) is 71.4 cm³/mol. The first-order valence-corrected chi connectivity index (χ1v) is 6.11. The standard InChI is InChI=1S/C14H17NO4/c1-3-19-11-4-5-12-10(8-11)6-7-15(12)9-14(2,18)13(16)17/h4-8,18H,3,9H2,1-2H3,(H,16,17). The molecule has 0 bridgehead atoms. The number of benzene rings is 1. The Kier molecular flexibility index (Phi) is 3.48. The predicted octanol–water partition coefficient (Wildman–Crippen LogP) is 1.88. The summed E-state index contributed by atoms with van der Waals surface area (Å²) in [6, 6.07) is 7.46. The third-order valence-corrected chi connectivity index (χ3v) is 2.99. The molecule has 0 spiro atoms. The topological polar surface area (TPSA) is 71.7 Å². The summed E-state index contributed by atoms with van der Waals surface area (Å²) in [6.07, 6.45) is 1.76. The second-order valence-electron chi connectivity index (χ2n) is 4.68. The van der Waals surface area contributed by atoms with Crippen LogP contribution in [0.2, 0.25) is 0 Å². The molecule has 2 N–H and O–H groups in total. The summed E-state index contributed by atoms with van der Waals surface area (Å²) >= 11 is 0. The maximum Gasteiger partial charge on any atom is 0.337 e. The zero-order valence-electron chi connectivity index (χ0n) is 11.0. The van der Waals surface area contributed by atoms with Gasteiger partial charge < -0.3 is 19.5 Å². The number of carboxylic acid groups (broad SMARTS) is 1. The summed E-state index contributed by atoms with van der Waals surface area (Å²) in [5.41, 5.74) is -0.921. The Morgan fingerprint density at radius 1 is 1.42 bits per heavy atom. The van der Waals surface area contributed by atoms with E-state index in [1.165, 1.54) is 6.92 Å². The van der Waals surface area contributed by atoms with Crippen LogP contribution in [0.4, 0.5) is 0 Å². The van der Waals surface area contributed by atoms with Gasteiger partial charge in [0.25, 0.3) is 0 Å². The highest BCUT2D eigenvalue weighted by molar-refractivity contribution is 5.82. The van der Waals surface area contributed by atoms with Gasteiger partial charge in [0, 0.05) is 17.1 Å². The summed E-state index contributed by atoms with van der Waals surface area (Å²) < 4.78 is 7.13. The Bertz CT molecular complexity index is 601. The first kappa shape index (κ1) is 13.4. The van der Waals surface area contributed by atoms with Crippen molar-refractivity contribution in [3.8, 4) is 5.75 Å². The number of ether oxygens (including phenoxy) is 1. The molecular weight excluding hydrogens is 246 g/mol. The zero-order valence-corrected chi connectivity index (χ0v) is 11.0. The van der Waals surface area contributed by atoms with E-state index in [9.17, 15) is 9.90 Å². The van der Waals surface area contributed by atoms with Gasteiger partial charge in [-0.15, -0.1) is 0 Å². The molecule has 1 aromatic carbocycles. The van der Waals surface area contributed by atoms with Crippen molar-refractivity contribution >= 4 is 16.9 Å². The van der Waals surface area contributed by atoms with Crippen LogP contribution in [0.15, 0.2) is 30.5 Å². The van der Waals surface area contributed by atoms with Crippen LogP contribution in [0.3, 0.4) is 0 Å². The van der Waals surface area contributed by atoms with E-state index in [0.29, 0.717) is 6.61 Å². The van der Waals surface area contributed by atoms with E-state index in [1.54, 1.807) is 10.8 Å². The van der Waals surface area contributed by atoms with Gasteiger partial charge >= 0.3 is 5.97 Å². The van der Waals surface area contributed by atoms with Gasteiger partial charge in [-0.1, -0.05) is 0 Å². The van der Waals surface area contributed by atoms with Crippen molar-refractivity contribution in [2.45, 2.75) is 26.0 Å². The maximum absolute atomic E-state index is 10.9. The van der Waals surface area contributed by atoms with Crippen molar-refractivity contribution in [1.82, 2.24) is 4.57 Å². The largest absolute Gasteiger partial charge is 0.494 e. The average Bonchev–Trinajstić information content (AvgIpc) is 2.71. The van der Waals surface area contributed by atoms with Gasteiger partial charge in [0.05, 0.1) is 13.2 Å². The quantitative estimate of drug-likeness (QED) is 0.864.